The number of anilines is 1. The molecular weight excluding hydrogens is 576 g/mol. The van der Waals surface area contributed by atoms with Gasteiger partial charge in [-0.15, -0.1) is 0 Å². The summed E-state index contributed by atoms with van der Waals surface area (Å²) in [6, 6.07) is 15.2. The molecular formula is C34H48N4O7. The summed E-state index contributed by atoms with van der Waals surface area (Å²) in [5.41, 5.74) is 0.363. The zero-order chi connectivity index (χ0) is 33.0. The van der Waals surface area contributed by atoms with Crippen LogP contribution in [-0.4, -0.2) is 61.1 Å². The Balaban J connectivity index is 1.53. The van der Waals surface area contributed by atoms with E-state index in [2.05, 4.69) is 22.5 Å². The van der Waals surface area contributed by atoms with Crippen LogP contribution in [0, 0.1) is 0 Å². The van der Waals surface area contributed by atoms with Crippen molar-refractivity contribution < 1.29 is 33.3 Å². The first kappa shape index (κ1) is 35.2. The number of aliphatic imine (C=N–C) groups is 1. The van der Waals surface area contributed by atoms with E-state index >= 15 is 0 Å². The molecule has 2 aromatic carbocycles. The highest BCUT2D eigenvalue weighted by Crippen LogP contribution is 2.34. The first-order valence-corrected chi connectivity index (χ1v) is 15.6. The maximum atomic E-state index is 13.2. The molecule has 3 amide bonds. The second-order valence-corrected chi connectivity index (χ2v) is 12.8. The van der Waals surface area contributed by atoms with Crippen molar-refractivity contribution in [3.05, 3.63) is 54.1 Å². The summed E-state index contributed by atoms with van der Waals surface area (Å²) >= 11 is 0. The maximum Gasteiger partial charge on any atom is 0.414 e. The molecule has 0 bridgehead atoms. The molecule has 3 rings (SSSR count). The van der Waals surface area contributed by atoms with Gasteiger partial charge in [-0.3, -0.25) is 20.4 Å². The van der Waals surface area contributed by atoms with Crippen LogP contribution >= 0.6 is 0 Å². The van der Waals surface area contributed by atoms with Crippen LogP contribution in [0.15, 0.2) is 53.5 Å². The Labute approximate surface area is 266 Å². The standard InChI is InChI=1S/C34H48N4O7/c1-8-9-12-22-38-26-13-10-11-14-27(26)43-28(29(38)39)20-23-42-25-17-15-24(16-18-25)19-21-35-30(36-31(40)44-33(2,3)4)37-32(41)45-34(5,6)7/h10-11,13-18,28H,8-9,12,19-23H2,1-7H3,(H2,35,36,37,40,41). The Morgan fingerprint density at radius 3 is 2.13 bits per heavy atom. The van der Waals surface area contributed by atoms with E-state index in [0.717, 1.165) is 36.3 Å². The van der Waals surface area contributed by atoms with Crippen molar-refractivity contribution in [1.29, 1.82) is 0 Å². The molecule has 1 heterocycles. The summed E-state index contributed by atoms with van der Waals surface area (Å²) in [4.78, 5) is 44.0. The molecule has 1 aliphatic heterocycles. The summed E-state index contributed by atoms with van der Waals surface area (Å²) in [7, 11) is 0. The van der Waals surface area contributed by atoms with E-state index in [1.54, 1.807) is 41.5 Å². The third-order valence-electron chi connectivity index (χ3n) is 6.43. The van der Waals surface area contributed by atoms with E-state index in [-0.39, 0.29) is 18.4 Å². The van der Waals surface area contributed by atoms with Crippen LogP contribution in [0.25, 0.3) is 0 Å². The van der Waals surface area contributed by atoms with Gasteiger partial charge in [-0.1, -0.05) is 44.0 Å². The number of guanidine groups is 1. The zero-order valence-electron chi connectivity index (χ0n) is 27.6. The minimum Gasteiger partial charge on any atom is -0.493 e. The smallest absolute Gasteiger partial charge is 0.414 e. The molecule has 0 aromatic heterocycles. The third-order valence-corrected chi connectivity index (χ3v) is 6.43. The zero-order valence-corrected chi connectivity index (χ0v) is 27.6. The van der Waals surface area contributed by atoms with Crippen molar-refractivity contribution in [2.24, 2.45) is 4.99 Å². The molecule has 0 saturated heterocycles. The van der Waals surface area contributed by atoms with Gasteiger partial charge in [-0.2, -0.15) is 0 Å². The van der Waals surface area contributed by atoms with E-state index in [4.69, 9.17) is 18.9 Å². The second-order valence-electron chi connectivity index (χ2n) is 12.8. The van der Waals surface area contributed by atoms with Gasteiger partial charge >= 0.3 is 12.2 Å². The largest absolute Gasteiger partial charge is 0.493 e. The van der Waals surface area contributed by atoms with Crippen molar-refractivity contribution in [2.75, 3.05) is 24.6 Å². The molecule has 1 aliphatic rings. The number of fused-ring (bicyclic) bond motifs is 1. The number of rotatable bonds is 11. The first-order chi connectivity index (χ1) is 21.2. The molecule has 0 aliphatic carbocycles. The van der Waals surface area contributed by atoms with Crippen LogP contribution in [-0.2, 0) is 20.7 Å². The average molecular weight is 625 g/mol. The lowest BCUT2D eigenvalue weighted by molar-refractivity contribution is -0.127. The van der Waals surface area contributed by atoms with Crippen LogP contribution < -0.4 is 25.0 Å². The van der Waals surface area contributed by atoms with E-state index in [1.807, 2.05) is 53.4 Å². The molecule has 2 N–H and O–H groups in total. The van der Waals surface area contributed by atoms with Gasteiger partial charge in [0.25, 0.3) is 5.91 Å². The summed E-state index contributed by atoms with van der Waals surface area (Å²) < 4.78 is 22.5. The van der Waals surface area contributed by atoms with Crippen LogP contribution in [0.4, 0.5) is 15.3 Å². The lowest BCUT2D eigenvalue weighted by Gasteiger charge is -2.34. The van der Waals surface area contributed by atoms with Gasteiger partial charge in [0, 0.05) is 19.5 Å². The van der Waals surface area contributed by atoms with Crippen molar-refractivity contribution in [3.8, 4) is 11.5 Å². The molecule has 11 heteroatoms. The highest BCUT2D eigenvalue weighted by Gasteiger charge is 2.33. The minimum absolute atomic E-state index is 0.0361. The summed E-state index contributed by atoms with van der Waals surface area (Å²) in [6.45, 7) is 13.8. The lowest BCUT2D eigenvalue weighted by Crippen LogP contribution is -2.47. The van der Waals surface area contributed by atoms with E-state index < -0.39 is 29.5 Å². The molecule has 0 radical (unpaired) electrons. The molecule has 0 fully saturated rings. The van der Waals surface area contributed by atoms with Gasteiger partial charge in [0.05, 0.1) is 12.3 Å². The SMILES string of the molecule is CCCCCN1C(=O)C(CCOc2ccc(CCN=C(NC(=O)OC(C)(C)C)NC(=O)OC(C)(C)C)cc2)Oc2ccccc21. The molecule has 246 valence electrons. The number of carbonyl (C=O) groups excluding carboxylic acids is 3. The molecule has 2 aromatic rings. The number of para-hydroxylation sites is 2. The number of nitrogens with zero attached hydrogens (tertiary/aromatic N) is 2. The van der Waals surface area contributed by atoms with Gasteiger partial charge in [0.2, 0.25) is 5.96 Å². The topological polar surface area (TPSA) is 128 Å². The predicted molar refractivity (Wildman–Crippen MR) is 174 cm³/mol. The molecule has 0 saturated carbocycles. The molecule has 45 heavy (non-hydrogen) atoms. The highest BCUT2D eigenvalue weighted by molar-refractivity contribution is 6.01. The highest BCUT2D eigenvalue weighted by atomic mass is 16.6. The Morgan fingerprint density at radius 2 is 1.53 bits per heavy atom. The Bertz CT molecular complexity index is 1280. The van der Waals surface area contributed by atoms with Crippen LogP contribution in [0.1, 0.15) is 79.7 Å². The Kier molecular flexibility index (Phi) is 12.6. The number of nitrogens with one attached hydrogen (secondary N) is 2. The maximum absolute atomic E-state index is 13.2. The number of ether oxygens (including phenoxy) is 4. The summed E-state index contributed by atoms with van der Waals surface area (Å²) in [6.07, 6.45) is 1.96. The number of hydrogen-bond acceptors (Lipinski definition) is 8. The van der Waals surface area contributed by atoms with Crippen molar-refractivity contribution in [1.82, 2.24) is 10.6 Å². The van der Waals surface area contributed by atoms with Crippen molar-refractivity contribution in [2.45, 2.75) is 97.9 Å². The van der Waals surface area contributed by atoms with Gasteiger partial charge in [-0.05, 0) is 84.2 Å². The second kappa shape index (κ2) is 16.2. The number of alkyl carbamates (subject to hydrolysis) is 2. The van der Waals surface area contributed by atoms with E-state index in [0.29, 0.717) is 31.7 Å². The fraction of sp³-hybridized carbons (Fsp3) is 0.529. The number of carbonyl (C=O) groups is 3. The molecule has 11 nitrogen and oxygen atoms in total. The monoisotopic (exact) mass is 624 g/mol. The Morgan fingerprint density at radius 1 is 0.911 bits per heavy atom. The quantitative estimate of drug-likeness (QED) is 0.169. The third kappa shape index (κ3) is 12.3. The van der Waals surface area contributed by atoms with Crippen LogP contribution in [0.2, 0.25) is 0 Å². The first-order valence-electron chi connectivity index (χ1n) is 15.6. The molecule has 1 unspecified atom stereocenters. The van der Waals surface area contributed by atoms with Crippen molar-refractivity contribution >= 4 is 29.7 Å². The fourth-order valence-electron chi connectivity index (χ4n) is 4.45. The van der Waals surface area contributed by atoms with Gasteiger partial charge in [0.1, 0.15) is 22.7 Å². The lowest BCUT2D eigenvalue weighted by atomic mass is 10.1. The normalized spacial score (nSPS) is 14.5. The predicted octanol–water partition coefficient (Wildman–Crippen LogP) is 6.39. The van der Waals surface area contributed by atoms with Crippen LogP contribution in [0.3, 0.4) is 0 Å². The van der Waals surface area contributed by atoms with Gasteiger partial charge in [0.15, 0.2) is 6.10 Å². The van der Waals surface area contributed by atoms with Gasteiger partial charge in [-0.25, -0.2) is 9.59 Å². The average Bonchev–Trinajstić information content (AvgIpc) is 2.93. The summed E-state index contributed by atoms with van der Waals surface area (Å²) in [5, 5.41) is 4.96. The van der Waals surface area contributed by atoms with Crippen molar-refractivity contribution in [3.63, 3.8) is 0 Å². The number of unbranched alkanes of at least 4 members (excludes halogenated alkanes) is 2. The Hall–Kier alpha value is -4.28. The fourth-order valence-corrected chi connectivity index (χ4v) is 4.45. The summed E-state index contributed by atoms with van der Waals surface area (Å²) in [5.74, 6) is 1.29. The number of hydrogen-bond donors (Lipinski definition) is 2. The van der Waals surface area contributed by atoms with E-state index in [1.165, 1.54) is 0 Å². The number of benzene rings is 2. The van der Waals surface area contributed by atoms with E-state index in [9.17, 15) is 14.4 Å². The molecule has 0 spiro atoms. The molecule has 1 atom stereocenters. The van der Waals surface area contributed by atoms with Crippen LogP contribution in [0.5, 0.6) is 11.5 Å². The van der Waals surface area contributed by atoms with Gasteiger partial charge < -0.3 is 23.8 Å². The number of amides is 3. The minimum atomic E-state index is -0.743.